The Morgan fingerprint density at radius 1 is 0.719 bits per heavy atom. The Morgan fingerprint density at radius 2 is 1.53 bits per heavy atom. The van der Waals surface area contributed by atoms with Crippen LogP contribution in [0.2, 0.25) is 0 Å². The van der Waals surface area contributed by atoms with Crippen molar-refractivity contribution in [3.8, 4) is 22.6 Å². The molecule has 8 heteroatoms. The fraction of sp³-hybridized carbons (Fsp3) is 0.0417. The lowest BCUT2D eigenvalue weighted by atomic mass is 10.1. The second-order valence-corrected chi connectivity index (χ2v) is 7.19. The molecule has 32 heavy (non-hydrogen) atoms. The number of hydrogen-bond acceptors (Lipinski definition) is 4. The third-order valence-corrected chi connectivity index (χ3v) is 4.95. The van der Waals surface area contributed by atoms with Crippen LogP contribution in [0.15, 0.2) is 84.9 Å². The van der Waals surface area contributed by atoms with Crippen molar-refractivity contribution in [2.45, 2.75) is 6.18 Å². The third kappa shape index (κ3) is 4.02. The van der Waals surface area contributed by atoms with E-state index in [4.69, 9.17) is 0 Å². The van der Waals surface area contributed by atoms with Gasteiger partial charge in [0.25, 0.3) is 0 Å². The minimum Gasteiger partial charge on any atom is -0.356 e. The van der Waals surface area contributed by atoms with Crippen molar-refractivity contribution in [1.82, 2.24) is 20.2 Å². The number of aromatic nitrogens is 4. The molecular formula is C24H16F3N5. The van der Waals surface area contributed by atoms with Crippen LogP contribution < -0.4 is 5.32 Å². The second kappa shape index (κ2) is 7.81. The first-order valence-electron chi connectivity index (χ1n) is 9.79. The Morgan fingerprint density at radius 3 is 2.25 bits per heavy atom. The van der Waals surface area contributed by atoms with Crippen LogP contribution in [-0.4, -0.2) is 20.2 Å². The van der Waals surface area contributed by atoms with E-state index < -0.39 is 11.9 Å². The topological polar surface area (TPSA) is 66.5 Å². The van der Waals surface area contributed by atoms with Gasteiger partial charge in [-0.1, -0.05) is 36.4 Å². The first-order chi connectivity index (χ1) is 15.5. The lowest BCUT2D eigenvalue weighted by Crippen LogP contribution is -2.08. The number of benzene rings is 3. The van der Waals surface area contributed by atoms with Gasteiger partial charge in [-0.3, -0.25) is 0 Å². The number of imidazole rings is 1. The van der Waals surface area contributed by atoms with Crippen molar-refractivity contribution in [2.24, 2.45) is 0 Å². The number of para-hydroxylation sites is 2. The average molecular weight is 431 g/mol. The number of alkyl halides is 3. The minimum atomic E-state index is -4.50. The van der Waals surface area contributed by atoms with Crippen molar-refractivity contribution in [1.29, 1.82) is 0 Å². The number of aromatic amines is 1. The number of nitrogens with zero attached hydrogens (tertiary/aromatic N) is 3. The van der Waals surface area contributed by atoms with Crippen molar-refractivity contribution >= 4 is 22.4 Å². The molecule has 0 aliphatic heterocycles. The predicted octanol–water partition coefficient (Wildman–Crippen LogP) is 6.45. The van der Waals surface area contributed by atoms with Crippen molar-refractivity contribution in [3.63, 3.8) is 0 Å². The van der Waals surface area contributed by atoms with Crippen molar-refractivity contribution in [2.75, 3.05) is 5.32 Å². The summed E-state index contributed by atoms with van der Waals surface area (Å²) in [7, 11) is 0. The molecular weight excluding hydrogens is 415 g/mol. The van der Waals surface area contributed by atoms with Gasteiger partial charge >= 0.3 is 6.18 Å². The molecule has 5 nitrogen and oxygen atoms in total. The minimum absolute atomic E-state index is 0.372. The fourth-order valence-electron chi connectivity index (χ4n) is 3.36. The van der Waals surface area contributed by atoms with Crippen LogP contribution in [0.5, 0.6) is 0 Å². The average Bonchev–Trinajstić information content (AvgIpc) is 3.24. The van der Waals surface area contributed by atoms with Gasteiger partial charge in [-0.2, -0.15) is 13.2 Å². The Hall–Kier alpha value is -4.20. The number of rotatable bonds is 4. The quantitative estimate of drug-likeness (QED) is 0.343. The molecule has 0 radical (unpaired) electrons. The van der Waals surface area contributed by atoms with Gasteiger partial charge < -0.3 is 10.3 Å². The van der Waals surface area contributed by atoms with E-state index in [9.17, 15) is 13.2 Å². The maximum atomic E-state index is 12.7. The van der Waals surface area contributed by atoms with Crippen LogP contribution in [0.1, 0.15) is 5.69 Å². The molecule has 2 aromatic heterocycles. The van der Waals surface area contributed by atoms with Gasteiger partial charge in [0, 0.05) is 22.5 Å². The number of halogens is 3. The molecule has 5 rings (SSSR count). The van der Waals surface area contributed by atoms with Crippen LogP contribution >= 0.6 is 0 Å². The van der Waals surface area contributed by atoms with E-state index in [1.165, 1.54) is 6.07 Å². The smallest absolute Gasteiger partial charge is 0.356 e. The molecule has 2 N–H and O–H groups in total. The van der Waals surface area contributed by atoms with Crippen LogP contribution in [0, 0.1) is 0 Å². The van der Waals surface area contributed by atoms with Gasteiger partial charge in [0.1, 0.15) is 5.82 Å². The molecule has 0 atom stereocenters. The van der Waals surface area contributed by atoms with Gasteiger partial charge in [0.2, 0.25) is 0 Å². The Kier molecular flexibility index (Phi) is 4.82. The number of fused-ring (bicyclic) bond motifs is 1. The zero-order chi connectivity index (χ0) is 22.1. The number of nitrogens with one attached hydrogen (secondary N) is 2. The van der Waals surface area contributed by atoms with Gasteiger partial charge in [-0.25, -0.2) is 4.98 Å². The summed E-state index contributed by atoms with van der Waals surface area (Å²) in [5.41, 5.74) is 4.57. The lowest BCUT2D eigenvalue weighted by Gasteiger charge is -2.09. The highest BCUT2D eigenvalue weighted by Gasteiger charge is 2.32. The normalized spacial score (nSPS) is 11.6. The van der Waals surface area contributed by atoms with Gasteiger partial charge in [-0.05, 0) is 48.5 Å². The maximum Gasteiger partial charge on any atom is 0.435 e. The molecule has 5 aromatic rings. The molecule has 0 saturated carbocycles. The summed E-state index contributed by atoms with van der Waals surface area (Å²) in [5.74, 6) is 0.783. The summed E-state index contributed by atoms with van der Waals surface area (Å²) in [6.45, 7) is 0. The predicted molar refractivity (Wildman–Crippen MR) is 117 cm³/mol. The fourth-order valence-corrected chi connectivity index (χ4v) is 3.36. The molecule has 2 heterocycles. The summed E-state index contributed by atoms with van der Waals surface area (Å²) in [6, 6.07) is 25.2. The molecule has 0 amide bonds. The highest BCUT2D eigenvalue weighted by molar-refractivity contribution is 5.80. The van der Waals surface area contributed by atoms with E-state index >= 15 is 0 Å². The van der Waals surface area contributed by atoms with E-state index in [2.05, 4.69) is 25.5 Å². The van der Waals surface area contributed by atoms with Gasteiger partial charge in [0.15, 0.2) is 5.69 Å². The number of hydrogen-bond donors (Lipinski definition) is 2. The molecule has 0 aliphatic carbocycles. The number of anilines is 2. The highest BCUT2D eigenvalue weighted by atomic mass is 19.4. The Labute approximate surface area is 181 Å². The SMILES string of the molecule is FC(F)(F)c1ccc(-c2ccc(Nc3cccc(-c4nc5ccccc5[nH]4)c3)cc2)nn1. The lowest BCUT2D eigenvalue weighted by molar-refractivity contribution is -0.141. The van der Waals surface area contributed by atoms with Crippen LogP contribution in [0.3, 0.4) is 0 Å². The first-order valence-corrected chi connectivity index (χ1v) is 9.79. The molecule has 0 bridgehead atoms. The van der Waals surface area contributed by atoms with Crippen LogP contribution in [0.4, 0.5) is 24.5 Å². The van der Waals surface area contributed by atoms with Gasteiger partial charge in [0.05, 0.1) is 16.7 Å². The molecule has 0 unspecified atom stereocenters. The Bertz CT molecular complexity index is 1340. The van der Waals surface area contributed by atoms with E-state index in [0.29, 0.717) is 11.3 Å². The molecule has 0 saturated heterocycles. The largest absolute Gasteiger partial charge is 0.435 e. The standard InChI is InChI=1S/C24H16F3N5/c25-24(26,27)22-13-12-19(31-32-22)15-8-10-17(11-9-15)28-18-5-3-4-16(14-18)23-29-20-6-1-2-7-21(20)30-23/h1-14,28H,(H,29,30). The van der Waals surface area contributed by atoms with E-state index in [1.54, 1.807) is 12.1 Å². The van der Waals surface area contributed by atoms with E-state index in [0.717, 1.165) is 39.9 Å². The summed E-state index contributed by atoms with van der Waals surface area (Å²) in [5, 5.41) is 10.3. The third-order valence-electron chi connectivity index (χ3n) is 4.95. The van der Waals surface area contributed by atoms with Crippen LogP contribution in [0.25, 0.3) is 33.7 Å². The summed E-state index contributed by atoms with van der Waals surface area (Å²) < 4.78 is 38.0. The molecule has 3 aromatic carbocycles. The van der Waals surface area contributed by atoms with E-state index in [-0.39, 0.29) is 0 Å². The van der Waals surface area contributed by atoms with E-state index in [1.807, 2.05) is 60.7 Å². The van der Waals surface area contributed by atoms with Gasteiger partial charge in [-0.15, -0.1) is 10.2 Å². The molecule has 158 valence electrons. The molecule has 0 fully saturated rings. The van der Waals surface area contributed by atoms with Crippen molar-refractivity contribution in [3.05, 3.63) is 90.6 Å². The monoisotopic (exact) mass is 431 g/mol. The summed E-state index contributed by atoms with van der Waals surface area (Å²) >= 11 is 0. The highest BCUT2D eigenvalue weighted by Crippen LogP contribution is 2.29. The summed E-state index contributed by atoms with van der Waals surface area (Å²) in [6.07, 6.45) is -4.50. The Balaban J connectivity index is 1.34. The second-order valence-electron chi connectivity index (χ2n) is 7.19. The molecule has 0 spiro atoms. The summed E-state index contributed by atoms with van der Waals surface area (Å²) in [4.78, 5) is 7.95. The van der Waals surface area contributed by atoms with Crippen LogP contribution in [-0.2, 0) is 6.18 Å². The maximum absolute atomic E-state index is 12.7. The molecule has 0 aliphatic rings. The zero-order valence-electron chi connectivity index (χ0n) is 16.6. The first kappa shape index (κ1) is 19.7. The van der Waals surface area contributed by atoms with Crippen molar-refractivity contribution < 1.29 is 13.2 Å². The number of H-pyrrole nitrogens is 1. The zero-order valence-corrected chi connectivity index (χ0v) is 16.6.